The highest BCUT2D eigenvalue weighted by molar-refractivity contribution is 7.20. The number of carbonyl (C=O) groups is 1. The number of nitrogens with one attached hydrogen (secondary N) is 1. The number of nitrogens with zero attached hydrogens (tertiary/aromatic N) is 3. The molecule has 0 amide bonds. The predicted molar refractivity (Wildman–Crippen MR) is 118 cm³/mol. The second kappa shape index (κ2) is 6.97. The molecule has 2 aromatic heterocycles. The van der Waals surface area contributed by atoms with Gasteiger partial charge in [-0.15, -0.1) is 5.10 Å². The van der Waals surface area contributed by atoms with Crippen molar-refractivity contribution >= 4 is 50.4 Å². The van der Waals surface area contributed by atoms with Gasteiger partial charge in [-0.05, 0) is 49.1 Å². The summed E-state index contributed by atoms with van der Waals surface area (Å²) in [5.74, 6) is 0.962. The van der Waals surface area contributed by atoms with Crippen LogP contribution in [0.15, 0.2) is 42.5 Å². The zero-order valence-corrected chi connectivity index (χ0v) is 17.6. The molecule has 0 bridgehead atoms. The molecule has 0 spiro atoms. The van der Waals surface area contributed by atoms with E-state index < -0.39 is 0 Å². The zero-order valence-electron chi connectivity index (χ0n) is 16.1. The number of rotatable bonds is 3. The third-order valence-corrected chi connectivity index (χ3v) is 6.65. The molecule has 1 atom stereocenters. The van der Waals surface area contributed by atoms with Crippen molar-refractivity contribution in [2.24, 2.45) is 5.92 Å². The molecule has 4 aromatic rings. The molecule has 0 saturated carbocycles. The molecular weight excluding hydrogens is 404 g/mol. The van der Waals surface area contributed by atoms with E-state index in [0.29, 0.717) is 22.8 Å². The molecule has 1 aliphatic carbocycles. The minimum atomic E-state index is 0.117. The number of anilines is 2. The molecule has 1 N–H and O–H groups in total. The first-order valence-corrected chi connectivity index (χ1v) is 10.7. The van der Waals surface area contributed by atoms with Crippen LogP contribution in [0, 0.1) is 12.8 Å². The largest absolute Gasteiger partial charge is 0.338 e. The Hall–Kier alpha value is -2.70. The number of benzene rings is 2. The molecule has 0 radical (unpaired) electrons. The number of fused-ring (bicyclic) bond motifs is 2. The Morgan fingerprint density at radius 1 is 1.21 bits per heavy atom. The van der Waals surface area contributed by atoms with Crippen LogP contribution in [0.25, 0.3) is 15.3 Å². The summed E-state index contributed by atoms with van der Waals surface area (Å²) in [6.45, 7) is 4.06. The molecule has 1 unspecified atom stereocenters. The van der Waals surface area contributed by atoms with Gasteiger partial charge in [0.15, 0.2) is 11.6 Å². The van der Waals surface area contributed by atoms with Crippen LogP contribution in [0.1, 0.15) is 35.0 Å². The van der Waals surface area contributed by atoms with Gasteiger partial charge in [-0.1, -0.05) is 48.1 Å². The number of thiazole rings is 1. The summed E-state index contributed by atoms with van der Waals surface area (Å²) in [6, 6.07) is 13.8. The molecule has 29 heavy (non-hydrogen) atoms. The summed E-state index contributed by atoms with van der Waals surface area (Å²) in [5, 5.41) is 9.54. The third-order valence-electron chi connectivity index (χ3n) is 5.23. The van der Waals surface area contributed by atoms with Crippen molar-refractivity contribution in [2.45, 2.75) is 26.7 Å². The standard InChI is InChI=1S/C22H19ClN4OS/c1-12-9-17-20(18(28)10-12)21(24-14-8-7-13(2)15(23)11-14)26-27(17)22-25-16-5-3-4-6-19(16)29-22/h3-8,11-12H,9-10H2,1-2H3,(H,24,26). The zero-order chi connectivity index (χ0) is 20.1. The lowest BCUT2D eigenvalue weighted by Gasteiger charge is -2.18. The number of Topliss-reactive ketones (excluding diaryl/α,β-unsaturated/α-hetero) is 1. The van der Waals surface area contributed by atoms with Gasteiger partial charge in [0.1, 0.15) is 0 Å². The number of hydrogen-bond acceptors (Lipinski definition) is 5. The predicted octanol–water partition coefficient (Wildman–Crippen LogP) is 5.95. The second-order valence-corrected chi connectivity index (χ2v) is 8.99. The van der Waals surface area contributed by atoms with E-state index >= 15 is 0 Å². The van der Waals surface area contributed by atoms with Crippen molar-refractivity contribution in [1.82, 2.24) is 14.8 Å². The van der Waals surface area contributed by atoms with Crippen molar-refractivity contribution in [1.29, 1.82) is 0 Å². The van der Waals surface area contributed by atoms with Crippen molar-refractivity contribution in [3.8, 4) is 5.13 Å². The smallest absolute Gasteiger partial charge is 0.211 e. The van der Waals surface area contributed by atoms with Crippen molar-refractivity contribution < 1.29 is 4.79 Å². The first-order valence-electron chi connectivity index (χ1n) is 9.54. The lowest BCUT2D eigenvalue weighted by molar-refractivity contribution is 0.0953. The van der Waals surface area contributed by atoms with E-state index in [4.69, 9.17) is 21.7 Å². The number of carbonyl (C=O) groups excluding carboxylic acids is 1. The lowest BCUT2D eigenvalue weighted by atomic mass is 9.88. The average molecular weight is 423 g/mol. The fourth-order valence-corrected chi connectivity index (χ4v) is 4.88. The molecule has 0 fully saturated rings. The lowest BCUT2D eigenvalue weighted by Crippen LogP contribution is -2.19. The van der Waals surface area contributed by atoms with Crippen molar-refractivity contribution in [3.63, 3.8) is 0 Å². The Morgan fingerprint density at radius 2 is 2.03 bits per heavy atom. The van der Waals surface area contributed by atoms with Gasteiger partial charge in [0.2, 0.25) is 5.13 Å². The Bertz CT molecular complexity index is 1230. The monoisotopic (exact) mass is 422 g/mol. The fourth-order valence-electron chi connectivity index (χ4n) is 3.76. The van der Waals surface area contributed by atoms with Crippen LogP contribution in [0.5, 0.6) is 0 Å². The molecular formula is C22H19ClN4OS. The minimum Gasteiger partial charge on any atom is -0.338 e. The Morgan fingerprint density at radius 3 is 2.83 bits per heavy atom. The van der Waals surface area contributed by atoms with Crippen LogP contribution in [0.2, 0.25) is 5.02 Å². The number of aryl methyl sites for hydroxylation is 1. The minimum absolute atomic E-state index is 0.117. The molecule has 0 aliphatic heterocycles. The number of hydrogen-bond donors (Lipinski definition) is 1. The van der Waals surface area contributed by atoms with Crippen LogP contribution in [0.3, 0.4) is 0 Å². The summed E-state index contributed by atoms with van der Waals surface area (Å²) in [7, 11) is 0. The number of ketones is 1. The summed E-state index contributed by atoms with van der Waals surface area (Å²) in [4.78, 5) is 17.7. The van der Waals surface area contributed by atoms with Crippen molar-refractivity contribution in [2.75, 3.05) is 5.32 Å². The van der Waals surface area contributed by atoms with Crippen LogP contribution in [-0.2, 0) is 6.42 Å². The Balaban J connectivity index is 1.64. The van der Waals surface area contributed by atoms with E-state index in [2.05, 4.69) is 12.2 Å². The van der Waals surface area contributed by atoms with E-state index in [-0.39, 0.29) is 11.7 Å². The highest BCUT2D eigenvalue weighted by Gasteiger charge is 2.32. The molecule has 1 aliphatic rings. The van der Waals surface area contributed by atoms with E-state index in [0.717, 1.165) is 38.7 Å². The van der Waals surface area contributed by atoms with E-state index in [9.17, 15) is 4.79 Å². The van der Waals surface area contributed by atoms with Crippen LogP contribution in [-0.4, -0.2) is 20.5 Å². The summed E-state index contributed by atoms with van der Waals surface area (Å²) in [5.41, 5.74) is 4.34. The van der Waals surface area contributed by atoms with Crippen molar-refractivity contribution in [3.05, 3.63) is 64.3 Å². The summed E-state index contributed by atoms with van der Waals surface area (Å²) in [6.07, 6.45) is 1.32. The van der Waals surface area contributed by atoms with Gasteiger partial charge in [0.25, 0.3) is 0 Å². The van der Waals surface area contributed by atoms with Gasteiger partial charge < -0.3 is 5.32 Å². The van der Waals surface area contributed by atoms with E-state index in [1.54, 1.807) is 11.3 Å². The average Bonchev–Trinajstić information content (AvgIpc) is 3.26. The molecule has 0 saturated heterocycles. The Kier molecular flexibility index (Phi) is 4.41. The molecule has 2 heterocycles. The maximum absolute atomic E-state index is 12.9. The third kappa shape index (κ3) is 3.22. The molecule has 5 nitrogen and oxygen atoms in total. The van der Waals surface area contributed by atoms with Crippen LogP contribution < -0.4 is 5.32 Å². The van der Waals surface area contributed by atoms with Gasteiger partial charge in [-0.2, -0.15) is 0 Å². The second-order valence-electron chi connectivity index (χ2n) is 7.57. The number of aromatic nitrogens is 3. The van der Waals surface area contributed by atoms with Gasteiger partial charge >= 0.3 is 0 Å². The van der Waals surface area contributed by atoms with E-state index in [1.165, 1.54) is 0 Å². The van der Waals surface area contributed by atoms with Gasteiger partial charge in [-0.25, -0.2) is 9.67 Å². The maximum atomic E-state index is 12.9. The highest BCUT2D eigenvalue weighted by atomic mass is 35.5. The topological polar surface area (TPSA) is 59.8 Å². The summed E-state index contributed by atoms with van der Waals surface area (Å²) >= 11 is 7.86. The van der Waals surface area contributed by atoms with Crippen LogP contribution in [0.4, 0.5) is 11.5 Å². The maximum Gasteiger partial charge on any atom is 0.211 e. The SMILES string of the molecule is Cc1ccc(Nc2nn(-c3nc4ccccc4s3)c3c2C(=O)CC(C)C3)cc1Cl. The Labute approximate surface area is 177 Å². The molecule has 2 aromatic carbocycles. The van der Waals surface area contributed by atoms with Gasteiger partial charge in [-0.3, -0.25) is 4.79 Å². The molecule has 7 heteroatoms. The fraction of sp³-hybridized carbons (Fsp3) is 0.227. The van der Waals surface area contributed by atoms with Crippen LogP contribution >= 0.6 is 22.9 Å². The quantitative estimate of drug-likeness (QED) is 0.443. The van der Waals surface area contributed by atoms with E-state index in [1.807, 2.05) is 54.1 Å². The number of halogens is 1. The molecule has 5 rings (SSSR count). The highest BCUT2D eigenvalue weighted by Crippen LogP contribution is 2.36. The number of para-hydroxylation sites is 1. The first kappa shape index (κ1) is 18.3. The normalized spacial score (nSPS) is 16.2. The van der Waals surface area contributed by atoms with Gasteiger partial charge in [0, 0.05) is 17.1 Å². The first-order chi connectivity index (χ1) is 14.0. The summed E-state index contributed by atoms with van der Waals surface area (Å²) < 4.78 is 2.94. The van der Waals surface area contributed by atoms with Gasteiger partial charge in [0.05, 0.1) is 21.5 Å². The molecule has 146 valence electrons.